The number of hydrogen-bond donors (Lipinski definition) is 0. The molecule has 318 valence electrons. The fourth-order valence-corrected chi connectivity index (χ4v) is 8.69. The predicted molar refractivity (Wildman–Crippen MR) is 243 cm³/mol. The first kappa shape index (κ1) is 52.7. The highest BCUT2D eigenvalue weighted by atomic mass is 16.1. The summed E-state index contributed by atoms with van der Waals surface area (Å²) in [7, 11) is 0. The summed E-state index contributed by atoms with van der Waals surface area (Å²) in [6.07, 6.45) is 65.2. The molecule has 0 spiro atoms. The Morgan fingerprint density at radius 2 is 0.415 bits per heavy atom. The molecule has 0 radical (unpaired) electrons. The molecular weight excluding hydrogens is 641 g/mol. The lowest BCUT2D eigenvalue weighted by atomic mass is 9.88. The molecule has 0 heterocycles. The first-order valence-electron chi connectivity index (χ1n) is 25.8. The minimum absolute atomic E-state index is 0.362. The molecule has 0 aromatic carbocycles. The van der Waals surface area contributed by atoms with Gasteiger partial charge in [0.25, 0.3) is 0 Å². The Morgan fingerprint density at radius 1 is 0.245 bits per heavy atom. The van der Waals surface area contributed by atoms with Crippen LogP contribution < -0.4 is 0 Å². The van der Waals surface area contributed by atoms with Gasteiger partial charge in [-0.3, -0.25) is 4.79 Å². The van der Waals surface area contributed by atoms with Crippen molar-refractivity contribution in [2.45, 2.75) is 323 Å². The van der Waals surface area contributed by atoms with Crippen LogP contribution in [0.1, 0.15) is 323 Å². The number of rotatable bonds is 48. The van der Waals surface area contributed by atoms with Crippen molar-refractivity contribution in [2.75, 3.05) is 0 Å². The van der Waals surface area contributed by atoms with Crippen molar-refractivity contribution >= 4 is 5.78 Å². The van der Waals surface area contributed by atoms with E-state index in [1.807, 2.05) is 0 Å². The van der Waals surface area contributed by atoms with E-state index in [9.17, 15) is 4.79 Å². The van der Waals surface area contributed by atoms with Crippen LogP contribution in [-0.4, -0.2) is 5.78 Å². The van der Waals surface area contributed by atoms with Gasteiger partial charge >= 0.3 is 0 Å². The molecule has 0 amide bonds. The average molecular weight is 745 g/mol. The molecule has 0 rings (SSSR count). The summed E-state index contributed by atoms with van der Waals surface area (Å²) in [4.78, 5) is 13.4. The van der Waals surface area contributed by atoms with Gasteiger partial charge in [-0.05, 0) is 19.3 Å². The van der Waals surface area contributed by atoms with E-state index in [0.29, 0.717) is 11.7 Å². The van der Waals surface area contributed by atoms with E-state index in [2.05, 4.69) is 20.8 Å². The second-order valence-electron chi connectivity index (χ2n) is 18.0. The Hall–Kier alpha value is -0.330. The van der Waals surface area contributed by atoms with E-state index in [-0.39, 0.29) is 0 Å². The molecule has 0 aromatic rings. The van der Waals surface area contributed by atoms with Crippen LogP contribution >= 0.6 is 0 Å². The molecule has 53 heavy (non-hydrogen) atoms. The second kappa shape index (κ2) is 47.8. The molecule has 0 bridgehead atoms. The molecule has 0 aliphatic rings. The maximum atomic E-state index is 13.4. The maximum absolute atomic E-state index is 13.4. The monoisotopic (exact) mass is 745 g/mol. The van der Waals surface area contributed by atoms with E-state index in [0.717, 1.165) is 12.8 Å². The summed E-state index contributed by atoms with van der Waals surface area (Å²) in [6, 6.07) is 0. The summed E-state index contributed by atoms with van der Waals surface area (Å²) in [6.45, 7) is 6.92. The van der Waals surface area contributed by atoms with Crippen molar-refractivity contribution in [1.29, 1.82) is 0 Å². The van der Waals surface area contributed by atoms with Gasteiger partial charge in [-0.1, -0.05) is 297 Å². The zero-order valence-electron chi connectivity index (χ0n) is 37.7. The van der Waals surface area contributed by atoms with E-state index < -0.39 is 0 Å². The zero-order chi connectivity index (χ0) is 38.4. The van der Waals surface area contributed by atoms with Crippen LogP contribution in [0.25, 0.3) is 0 Å². The minimum atomic E-state index is 0.362. The number of hydrogen-bond acceptors (Lipinski definition) is 1. The first-order chi connectivity index (χ1) is 26.3. The summed E-state index contributed by atoms with van der Waals surface area (Å²) in [5, 5.41) is 0. The molecule has 0 aliphatic heterocycles. The van der Waals surface area contributed by atoms with Gasteiger partial charge in [0.05, 0.1) is 0 Å². The van der Waals surface area contributed by atoms with Gasteiger partial charge in [0.15, 0.2) is 0 Å². The normalized spacial score (nSPS) is 12.2. The third kappa shape index (κ3) is 44.3. The number of ketones is 1. The highest BCUT2D eigenvalue weighted by molar-refractivity contribution is 5.80. The molecule has 0 saturated carbocycles. The SMILES string of the molecule is CCCCCCCCCCCCCCCCCCC(=O)C(CCCCCCCCCCCCCC)CCCCCCCCCCCCCCCCCC. The highest BCUT2D eigenvalue weighted by Crippen LogP contribution is 2.24. The van der Waals surface area contributed by atoms with Crippen molar-refractivity contribution in [2.24, 2.45) is 5.92 Å². The van der Waals surface area contributed by atoms with Crippen molar-refractivity contribution in [3.05, 3.63) is 0 Å². The summed E-state index contributed by atoms with van der Waals surface area (Å²) in [5.74, 6) is 0.987. The Bertz CT molecular complexity index is 654. The Morgan fingerprint density at radius 3 is 0.623 bits per heavy atom. The van der Waals surface area contributed by atoms with Crippen LogP contribution in [-0.2, 0) is 4.79 Å². The number of carbonyl (C=O) groups is 1. The van der Waals surface area contributed by atoms with E-state index >= 15 is 0 Å². The number of carbonyl (C=O) groups excluding carboxylic acids is 1. The smallest absolute Gasteiger partial charge is 0.135 e. The summed E-state index contributed by atoms with van der Waals surface area (Å²) in [5.41, 5.74) is 0. The van der Waals surface area contributed by atoms with Gasteiger partial charge in [0.1, 0.15) is 5.78 Å². The van der Waals surface area contributed by atoms with E-state index in [1.165, 1.54) is 289 Å². The third-order valence-corrected chi connectivity index (χ3v) is 12.5. The maximum Gasteiger partial charge on any atom is 0.135 e. The quantitative estimate of drug-likeness (QED) is 0.0567. The second-order valence-corrected chi connectivity index (χ2v) is 18.0. The number of Topliss-reactive ketones (excluding diaryl/α,β-unsaturated/α-hetero) is 1. The fourth-order valence-electron chi connectivity index (χ4n) is 8.69. The van der Waals surface area contributed by atoms with E-state index in [1.54, 1.807) is 0 Å². The molecule has 0 aliphatic carbocycles. The lowest BCUT2D eigenvalue weighted by molar-refractivity contribution is -0.123. The van der Waals surface area contributed by atoms with Crippen molar-refractivity contribution in [3.8, 4) is 0 Å². The third-order valence-electron chi connectivity index (χ3n) is 12.5. The lowest BCUT2D eigenvalue weighted by Crippen LogP contribution is -2.14. The topological polar surface area (TPSA) is 17.1 Å². The van der Waals surface area contributed by atoms with E-state index in [4.69, 9.17) is 0 Å². The molecule has 1 heteroatoms. The van der Waals surface area contributed by atoms with Gasteiger partial charge in [0, 0.05) is 12.3 Å². The summed E-state index contributed by atoms with van der Waals surface area (Å²) >= 11 is 0. The minimum Gasteiger partial charge on any atom is -0.299 e. The van der Waals surface area contributed by atoms with Crippen LogP contribution in [0.3, 0.4) is 0 Å². The van der Waals surface area contributed by atoms with Gasteiger partial charge in [0.2, 0.25) is 0 Å². The molecule has 1 nitrogen and oxygen atoms in total. The molecular formula is C52H104O. The highest BCUT2D eigenvalue weighted by Gasteiger charge is 2.17. The van der Waals surface area contributed by atoms with Crippen LogP contribution in [0.2, 0.25) is 0 Å². The molecule has 1 unspecified atom stereocenters. The van der Waals surface area contributed by atoms with Crippen LogP contribution in [0.5, 0.6) is 0 Å². The van der Waals surface area contributed by atoms with Crippen molar-refractivity contribution in [3.63, 3.8) is 0 Å². The van der Waals surface area contributed by atoms with Crippen LogP contribution in [0, 0.1) is 5.92 Å². The largest absolute Gasteiger partial charge is 0.299 e. The van der Waals surface area contributed by atoms with Crippen molar-refractivity contribution < 1.29 is 4.79 Å². The van der Waals surface area contributed by atoms with Crippen LogP contribution in [0.15, 0.2) is 0 Å². The molecule has 0 fully saturated rings. The Kier molecular flexibility index (Phi) is 47.5. The Balaban J connectivity index is 4.04. The lowest BCUT2D eigenvalue weighted by Gasteiger charge is -2.16. The van der Waals surface area contributed by atoms with Crippen molar-refractivity contribution in [1.82, 2.24) is 0 Å². The van der Waals surface area contributed by atoms with Gasteiger partial charge in [-0.2, -0.15) is 0 Å². The fraction of sp³-hybridized carbons (Fsp3) is 0.981. The Labute approximate surface area is 338 Å². The zero-order valence-corrected chi connectivity index (χ0v) is 37.7. The van der Waals surface area contributed by atoms with Gasteiger partial charge < -0.3 is 0 Å². The first-order valence-corrected chi connectivity index (χ1v) is 25.8. The molecule has 1 atom stereocenters. The number of unbranched alkanes of at least 4 members (excludes halogenated alkanes) is 41. The molecule has 0 N–H and O–H groups in total. The van der Waals surface area contributed by atoms with Gasteiger partial charge in [-0.25, -0.2) is 0 Å². The summed E-state index contributed by atoms with van der Waals surface area (Å²) < 4.78 is 0. The average Bonchev–Trinajstić information content (AvgIpc) is 3.17. The standard InChI is InChI=1S/C52H104O/c1-4-7-10-13-16-19-22-25-27-29-31-34-37-40-43-46-49-51(48-45-42-39-36-33-24-21-18-15-12-9-6-3)52(53)50-47-44-41-38-35-32-30-28-26-23-20-17-14-11-8-5-2/h51H,4-50H2,1-3H3. The molecule has 0 saturated heterocycles. The van der Waals surface area contributed by atoms with Gasteiger partial charge in [-0.15, -0.1) is 0 Å². The molecule has 0 aromatic heterocycles. The van der Waals surface area contributed by atoms with Crippen LogP contribution in [0.4, 0.5) is 0 Å². The predicted octanol–water partition coefficient (Wildman–Crippen LogP) is 19.6.